The summed E-state index contributed by atoms with van der Waals surface area (Å²) in [6.45, 7) is 3.85. The molecule has 0 radical (unpaired) electrons. The number of carbonyl (C=O) groups is 1. The zero-order valence-corrected chi connectivity index (χ0v) is 25.7. The van der Waals surface area contributed by atoms with Crippen molar-refractivity contribution in [3.63, 3.8) is 0 Å². The quantitative estimate of drug-likeness (QED) is 0.123. The summed E-state index contributed by atoms with van der Waals surface area (Å²) in [4.78, 5) is 17.3. The van der Waals surface area contributed by atoms with Crippen molar-refractivity contribution < 1.29 is 4.79 Å². The predicted molar refractivity (Wildman–Crippen MR) is 171 cm³/mol. The fourth-order valence-electron chi connectivity index (χ4n) is 5.57. The molecule has 0 bridgehead atoms. The average Bonchev–Trinajstić information content (AvgIpc) is 3.31. The van der Waals surface area contributed by atoms with Crippen LogP contribution in [0.3, 0.4) is 0 Å². The molecule has 2 aromatic carbocycles. The predicted octanol–water partition coefficient (Wildman–Crippen LogP) is 9.85. The molecule has 3 rings (SSSR count). The number of para-hydroxylation sites is 2. The Labute approximate surface area is 248 Å². The molecule has 0 fully saturated rings. The van der Waals surface area contributed by atoms with Gasteiger partial charge in [0, 0.05) is 24.5 Å². The van der Waals surface area contributed by atoms with Crippen molar-refractivity contribution in [2.45, 2.75) is 129 Å². The van der Waals surface area contributed by atoms with Crippen LogP contribution in [0.2, 0.25) is 5.02 Å². The molecule has 1 amide bonds. The van der Waals surface area contributed by atoms with E-state index in [9.17, 15) is 4.79 Å². The molecule has 0 atom stereocenters. The number of hydrogen-bond acceptors (Lipinski definition) is 2. The third-order valence-electron chi connectivity index (χ3n) is 7.95. The Morgan fingerprint density at radius 3 is 1.93 bits per heavy atom. The van der Waals surface area contributed by atoms with Gasteiger partial charge in [0.2, 0.25) is 5.91 Å². The van der Waals surface area contributed by atoms with Crippen LogP contribution in [0, 0.1) is 0 Å². The Balaban J connectivity index is 1.28. The summed E-state index contributed by atoms with van der Waals surface area (Å²) < 4.78 is 2.36. The lowest BCUT2D eigenvalue weighted by Gasteiger charge is -2.10. The molecule has 0 aliphatic heterocycles. The van der Waals surface area contributed by atoms with Crippen molar-refractivity contribution in [3.8, 4) is 0 Å². The molecule has 0 aliphatic rings. The third kappa shape index (κ3) is 12.0. The van der Waals surface area contributed by atoms with Gasteiger partial charge in [0.15, 0.2) is 0 Å². The van der Waals surface area contributed by atoms with Gasteiger partial charge in [-0.15, -0.1) is 0 Å². The van der Waals surface area contributed by atoms with Gasteiger partial charge in [-0.05, 0) is 30.2 Å². The second kappa shape index (κ2) is 19.7. The van der Waals surface area contributed by atoms with Crippen molar-refractivity contribution in [3.05, 3.63) is 64.9 Å². The summed E-state index contributed by atoms with van der Waals surface area (Å²) in [6.07, 6.45) is 23.1. The van der Waals surface area contributed by atoms with Crippen molar-refractivity contribution in [1.82, 2.24) is 14.9 Å². The van der Waals surface area contributed by atoms with Crippen LogP contribution in [-0.4, -0.2) is 22.0 Å². The Bertz CT molecular complexity index is 1110. The number of fused-ring (bicyclic) bond motifs is 1. The number of nitrogens with one attached hydrogen (secondary N) is 1. The highest BCUT2D eigenvalue weighted by Gasteiger charge is 2.11. The van der Waals surface area contributed by atoms with E-state index in [-0.39, 0.29) is 5.91 Å². The number of rotatable bonds is 22. The highest BCUT2D eigenvalue weighted by Crippen LogP contribution is 2.19. The third-order valence-corrected chi connectivity index (χ3v) is 8.32. The number of aryl methyl sites for hydroxylation is 1. The largest absolute Gasteiger partial charge is 0.355 e. The summed E-state index contributed by atoms with van der Waals surface area (Å²) in [5.41, 5.74) is 3.09. The van der Waals surface area contributed by atoms with Gasteiger partial charge in [0.25, 0.3) is 0 Å². The van der Waals surface area contributed by atoms with Gasteiger partial charge in [0.05, 0.1) is 17.5 Å². The maximum absolute atomic E-state index is 12.5. The van der Waals surface area contributed by atoms with E-state index in [1.165, 1.54) is 108 Å². The van der Waals surface area contributed by atoms with Crippen LogP contribution in [0.25, 0.3) is 11.0 Å². The van der Waals surface area contributed by atoms with Gasteiger partial charge in [-0.25, -0.2) is 4.98 Å². The number of hydrogen-bond donors (Lipinski definition) is 1. The Morgan fingerprint density at radius 2 is 1.30 bits per heavy atom. The van der Waals surface area contributed by atoms with Crippen molar-refractivity contribution in [2.75, 3.05) is 6.54 Å². The number of aromatic nitrogens is 2. The van der Waals surface area contributed by atoms with Gasteiger partial charge >= 0.3 is 0 Å². The van der Waals surface area contributed by atoms with E-state index in [4.69, 9.17) is 16.6 Å². The standard InChI is InChI=1S/C35H52ClN3O/c1-2-3-4-5-6-7-8-9-10-11-12-13-14-15-16-21-28-39-33-25-20-19-24-32(33)38-34(39)26-27-37-35(40)29-30-22-17-18-23-31(30)36/h17-20,22-25H,2-16,21,26-29H2,1H3,(H,37,40). The van der Waals surface area contributed by atoms with E-state index in [2.05, 4.69) is 35.0 Å². The van der Waals surface area contributed by atoms with Gasteiger partial charge < -0.3 is 9.88 Å². The number of imidazole rings is 1. The van der Waals surface area contributed by atoms with E-state index in [0.29, 0.717) is 18.0 Å². The first kappa shape index (κ1) is 32.2. The van der Waals surface area contributed by atoms with Crippen molar-refractivity contribution >= 4 is 28.5 Å². The van der Waals surface area contributed by atoms with E-state index >= 15 is 0 Å². The molecule has 1 heterocycles. The number of benzene rings is 2. The lowest BCUT2D eigenvalue weighted by molar-refractivity contribution is -0.120. The number of amides is 1. The summed E-state index contributed by atoms with van der Waals surface area (Å²) in [6, 6.07) is 15.9. The Kier molecular flexibility index (Phi) is 15.8. The summed E-state index contributed by atoms with van der Waals surface area (Å²) in [5, 5.41) is 3.69. The van der Waals surface area contributed by atoms with Crippen molar-refractivity contribution in [1.29, 1.82) is 0 Å². The van der Waals surface area contributed by atoms with Crippen LogP contribution in [0.15, 0.2) is 48.5 Å². The molecule has 4 nitrogen and oxygen atoms in total. The number of unbranched alkanes of at least 4 members (excludes halogenated alkanes) is 15. The topological polar surface area (TPSA) is 46.9 Å². The molecule has 0 unspecified atom stereocenters. The average molecular weight is 566 g/mol. The first-order valence-electron chi connectivity index (χ1n) is 16.1. The normalized spacial score (nSPS) is 11.3. The van der Waals surface area contributed by atoms with Crippen LogP contribution < -0.4 is 5.32 Å². The first-order chi connectivity index (χ1) is 19.7. The Morgan fingerprint density at radius 1 is 0.750 bits per heavy atom. The molecule has 1 aromatic heterocycles. The second-order valence-electron chi connectivity index (χ2n) is 11.3. The Hall–Kier alpha value is -2.33. The van der Waals surface area contributed by atoms with Gasteiger partial charge in [-0.1, -0.05) is 145 Å². The molecular formula is C35H52ClN3O. The monoisotopic (exact) mass is 565 g/mol. The van der Waals surface area contributed by atoms with Gasteiger partial charge in [0.1, 0.15) is 5.82 Å². The fraction of sp³-hybridized carbons (Fsp3) is 0.600. The number of carbonyl (C=O) groups excluding carboxylic acids is 1. The molecule has 5 heteroatoms. The maximum Gasteiger partial charge on any atom is 0.224 e. The molecule has 1 N–H and O–H groups in total. The summed E-state index contributed by atoms with van der Waals surface area (Å²) >= 11 is 6.21. The number of halogens is 1. The van der Waals surface area contributed by atoms with Crippen LogP contribution >= 0.6 is 11.6 Å². The first-order valence-corrected chi connectivity index (χ1v) is 16.5. The zero-order chi connectivity index (χ0) is 28.3. The smallest absolute Gasteiger partial charge is 0.224 e. The van der Waals surface area contributed by atoms with Gasteiger partial charge in [-0.2, -0.15) is 0 Å². The van der Waals surface area contributed by atoms with E-state index < -0.39 is 0 Å². The SMILES string of the molecule is CCCCCCCCCCCCCCCCCCn1c(CCNC(=O)Cc2ccccc2Cl)nc2ccccc21. The molecule has 0 saturated heterocycles. The van der Waals surface area contributed by atoms with Crippen molar-refractivity contribution in [2.24, 2.45) is 0 Å². The second-order valence-corrected chi connectivity index (χ2v) is 11.7. The molecule has 0 spiro atoms. The minimum Gasteiger partial charge on any atom is -0.355 e. The molecule has 0 aliphatic carbocycles. The highest BCUT2D eigenvalue weighted by atomic mass is 35.5. The van der Waals surface area contributed by atoms with Crippen LogP contribution in [0.4, 0.5) is 0 Å². The lowest BCUT2D eigenvalue weighted by Crippen LogP contribution is -2.28. The van der Waals surface area contributed by atoms with E-state index in [1.807, 2.05) is 30.3 Å². The van der Waals surface area contributed by atoms with Crippen LogP contribution in [-0.2, 0) is 24.2 Å². The number of nitrogens with zero attached hydrogens (tertiary/aromatic N) is 2. The maximum atomic E-state index is 12.5. The lowest BCUT2D eigenvalue weighted by atomic mass is 10.0. The fourth-order valence-corrected chi connectivity index (χ4v) is 5.78. The molecule has 3 aromatic rings. The van der Waals surface area contributed by atoms with Crippen LogP contribution in [0.1, 0.15) is 121 Å². The zero-order valence-electron chi connectivity index (χ0n) is 24.9. The van der Waals surface area contributed by atoms with E-state index in [1.54, 1.807) is 0 Å². The molecular weight excluding hydrogens is 514 g/mol. The van der Waals surface area contributed by atoms with E-state index in [0.717, 1.165) is 29.9 Å². The highest BCUT2D eigenvalue weighted by molar-refractivity contribution is 6.31. The minimum atomic E-state index is -0.00596. The van der Waals surface area contributed by atoms with Crippen LogP contribution in [0.5, 0.6) is 0 Å². The summed E-state index contributed by atoms with van der Waals surface area (Å²) in [5.74, 6) is 1.05. The minimum absolute atomic E-state index is 0.00596. The van der Waals surface area contributed by atoms with Gasteiger partial charge in [-0.3, -0.25) is 4.79 Å². The summed E-state index contributed by atoms with van der Waals surface area (Å²) in [7, 11) is 0. The molecule has 220 valence electrons. The molecule has 0 saturated carbocycles. The molecule has 40 heavy (non-hydrogen) atoms.